The molecule has 1 saturated heterocycles. The molecule has 94 valence electrons. The lowest BCUT2D eigenvalue weighted by Crippen LogP contribution is -2.25. The van der Waals surface area contributed by atoms with Crippen LogP contribution in [0.2, 0.25) is 0 Å². The van der Waals surface area contributed by atoms with E-state index in [0.717, 1.165) is 38.4 Å². The fourth-order valence-corrected chi connectivity index (χ4v) is 2.02. The molecule has 2 N–H and O–H groups in total. The number of hydrogen-bond acceptors (Lipinski definition) is 3. The second-order valence-electron chi connectivity index (χ2n) is 4.58. The number of ether oxygens (including phenoxy) is 1. The predicted molar refractivity (Wildman–Crippen MR) is 70.3 cm³/mol. The summed E-state index contributed by atoms with van der Waals surface area (Å²) in [5, 5.41) is 6.72. The predicted octanol–water partition coefficient (Wildman–Crippen LogP) is 1.93. The first-order valence-corrected chi connectivity index (χ1v) is 6.54. The van der Waals surface area contributed by atoms with Gasteiger partial charge in [0.2, 0.25) is 0 Å². The zero-order chi connectivity index (χ0) is 11.9. The van der Waals surface area contributed by atoms with Crippen LogP contribution in [-0.2, 0) is 6.42 Å². The Balaban J connectivity index is 1.80. The van der Waals surface area contributed by atoms with Crippen molar-refractivity contribution in [3.8, 4) is 5.75 Å². The van der Waals surface area contributed by atoms with Crippen LogP contribution in [0, 0.1) is 0 Å². The van der Waals surface area contributed by atoms with E-state index in [1.54, 1.807) is 0 Å². The van der Waals surface area contributed by atoms with E-state index >= 15 is 0 Å². The van der Waals surface area contributed by atoms with Gasteiger partial charge in [0, 0.05) is 19.3 Å². The molecule has 2 rings (SSSR count). The van der Waals surface area contributed by atoms with Gasteiger partial charge in [0.25, 0.3) is 0 Å². The number of unbranched alkanes of at least 4 members (excludes halogenated alkanes) is 1. The fraction of sp³-hybridized carbons (Fsp3) is 0.571. The van der Waals surface area contributed by atoms with Gasteiger partial charge in [-0.25, -0.2) is 0 Å². The van der Waals surface area contributed by atoms with Crippen molar-refractivity contribution >= 4 is 0 Å². The lowest BCUT2D eigenvalue weighted by Gasteiger charge is -2.10. The zero-order valence-corrected chi connectivity index (χ0v) is 10.5. The molecule has 0 spiro atoms. The van der Waals surface area contributed by atoms with Gasteiger partial charge < -0.3 is 15.4 Å². The molecule has 1 heterocycles. The van der Waals surface area contributed by atoms with Crippen molar-refractivity contribution in [2.24, 2.45) is 0 Å². The fourth-order valence-electron chi connectivity index (χ4n) is 2.02. The van der Waals surface area contributed by atoms with E-state index in [1.807, 2.05) is 0 Å². The van der Waals surface area contributed by atoms with Crippen molar-refractivity contribution < 1.29 is 4.74 Å². The normalized spacial score (nSPS) is 19.5. The standard InChI is InChI=1S/C14H22N2O/c1-2-3-8-17-14-6-4-12(5-7-14)9-13-10-15-11-16-13/h4-7,13,15-16H,2-3,8-11H2,1H3. The van der Waals surface area contributed by atoms with E-state index in [2.05, 4.69) is 41.8 Å². The van der Waals surface area contributed by atoms with E-state index in [4.69, 9.17) is 4.74 Å². The summed E-state index contributed by atoms with van der Waals surface area (Å²) in [5.41, 5.74) is 1.37. The third kappa shape index (κ3) is 4.02. The summed E-state index contributed by atoms with van der Waals surface area (Å²) in [5.74, 6) is 0.986. The Hall–Kier alpha value is -1.06. The van der Waals surface area contributed by atoms with Crippen LogP contribution in [0.5, 0.6) is 5.75 Å². The van der Waals surface area contributed by atoms with Gasteiger partial charge in [-0.2, -0.15) is 0 Å². The minimum atomic E-state index is 0.571. The van der Waals surface area contributed by atoms with Crippen molar-refractivity contribution in [3.05, 3.63) is 29.8 Å². The van der Waals surface area contributed by atoms with Gasteiger partial charge in [-0.15, -0.1) is 0 Å². The maximum absolute atomic E-state index is 5.64. The Morgan fingerprint density at radius 2 is 2.12 bits per heavy atom. The Morgan fingerprint density at radius 1 is 1.29 bits per heavy atom. The summed E-state index contributed by atoms with van der Waals surface area (Å²) < 4.78 is 5.64. The lowest BCUT2D eigenvalue weighted by molar-refractivity contribution is 0.309. The summed E-state index contributed by atoms with van der Waals surface area (Å²) in [6.45, 7) is 5.00. The molecule has 1 aromatic rings. The number of nitrogens with one attached hydrogen (secondary N) is 2. The Labute approximate surface area is 104 Å². The molecule has 3 heteroatoms. The van der Waals surface area contributed by atoms with E-state index < -0.39 is 0 Å². The summed E-state index contributed by atoms with van der Waals surface area (Å²) in [6, 6.07) is 9.06. The van der Waals surface area contributed by atoms with Crippen LogP contribution in [0.4, 0.5) is 0 Å². The van der Waals surface area contributed by atoms with Crippen molar-refractivity contribution in [1.29, 1.82) is 0 Å². The molecular weight excluding hydrogens is 212 g/mol. The van der Waals surface area contributed by atoms with Gasteiger partial charge in [0.1, 0.15) is 5.75 Å². The molecule has 0 bridgehead atoms. The van der Waals surface area contributed by atoms with Gasteiger partial charge in [-0.05, 0) is 30.5 Å². The van der Waals surface area contributed by atoms with Crippen LogP contribution in [-0.4, -0.2) is 25.9 Å². The molecule has 1 fully saturated rings. The second kappa shape index (κ2) is 6.62. The average molecular weight is 234 g/mol. The minimum Gasteiger partial charge on any atom is -0.494 e. The molecule has 0 aliphatic carbocycles. The van der Waals surface area contributed by atoms with Crippen molar-refractivity contribution in [2.45, 2.75) is 32.2 Å². The molecule has 1 unspecified atom stereocenters. The van der Waals surface area contributed by atoms with Crippen LogP contribution in [0.3, 0.4) is 0 Å². The van der Waals surface area contributed by atoms with Crippen molar-refractivity contribution in [1.82, 2.24) is 10.6 Å². The summed E-state index contributed by atoms with van der Waals surface area (Å²) in [7, 11) is 0. The van der Waals surface area contributed by atoms with E-state index in [9.17, 15) is 0 Å². The van der Waals surface area contributed by atoms with Gasteiger partial charge >= 0.3 is 0 Å². The van der Waals surface area contributed by atoms with Crippen molar-refractivity contribution in [3.63, 3.8) is 0 Å². The molecule has 0 amide bonds. The lowest BCUT2D eigenvalue weighted by atomic mass is 10.1. The highest BCUT2D eigenvalue weighted by Crippen LogP contribution is 2.14. The van der Waals surface area contributed by atoms with Crippen molar-refractivity contribution in [2.75, 3.05) is 19.8 Å². The maximum atomic E-state index is 5.64. The largest absolute Gasteiger partial charge is 0.494 e. The number of hydrogen-bond donors (Lipinski definition) is 2. The van der Waals surface area contributed by atoms with E-state index in [1.165, 1.54) is 12.0 Å². The Morgan fingerprint density at radius 3 is 2.76 bits per heavy atom. The summed E-state index contributed by atoms with van der Waals surface area (Å²) in [4.78, 5) is 0. The third-order valence-corrected chi connectivity index (χ3v) is 3.08. The number of benzene rings is 1. The average Bonchev–Trinajstić information content (AvgIpc) is 2.85. The first-order chi connectivity index (χ1) is 8.38. The highest BCUT2D eigenvalue weighted by Gasteiger charge is 2.13. The second-order valence-corrected chi connectivity index (χ2v) is 4.58. The molecule has 1 aromatic carbocycles. The first-order valence-electron chi connectivity index (χ1n) is 6.54. The molecule has 0 saturated carbocycles. The van der Waals surface area contributed by atoms with Crippen LogP contribution in [0.1, 0.15) is 25.3 Å². The van der Waals surface area contributed by atoms with Gasteiger partial charge in [0.15, 0.2) is 0 Å². The molecule has 0 radical (unpaired) electrons. The SMILES string of the molecule is CCCCOc1ccc(CC2CNCN2)cc1. The number of rotatable bonds is 6. The highest BCUT2D eigenvalue weighted by molar-refractivity contribution is 5.27. The van der Waals surface area contributed by atoms with Gasteiger partial charge in [0.05, 0.1) is 6.61 Å². The Bertz CT molecular complexity index is 317. The van der Waals surface area contributed by atoms with Gasteiger partial charge in [-0.3, -0.25) is 0 Å². The van der Waals surface area contributed by atoms with E-state index in [-0.39, 0.29) is 0 Å². The molecule has 1 atom stereocenters. The third-order valence-electron chi connectivity index (χ3n) is 3.08. The smallest absolute Gasteiger partial charge is 0.119 e. The molecule has 17 heavy (non-hydrogen) atoms. The van der Waals surface area contributed by atoms with Gasteiger partial charge in [-0.1, -0.05) is 25.5 Å². The maximum Gasteiger partial charge on any atom is 0.119 e. The zero-order valence-electron chi connectivity index (χ0n) is 10.5. The molecule has 0 aromatic heterocycles. The monoisotopic (exact) mass is 234 g/mol. The molecule has 1 aliphatic rings. The van der Waals surface area contributed by atoms with Crippen LogP contribution < -0.4 is 15.4 Å². The Kier molecular flexibility index (Phi) is 4.83. The minimum absolute atomic E-state index is 0.571. The molecular formula is C14H22N2O. The topological polar surface area (TPSA) is 33.3 Å². The van der Waals surface area contributed by atoms with Crippen LogP contribution in [0.25, 0.3) is 0 Å². The summed E-state index contributed by atoms with van der Waals surface area (Å²) >= 11 is 0. The highest BCUT2D eigenvalue weighted by atomic mass is 16.5. The first kappa shape index (κ1) is 12.4. The molecule has 3 nitrogen and oxygen atoms in total. The quantitative estimate of drug-likeness (QED) is 0.738. The summed E-state index contributed by atoms with van der Waals surface area (Å²) in [6.07, 6.45) is 3.39. The van der Waals surface area contributed by atoms with Crippen LogP contribution in [0.15, 0.2) is 24.3 Å². The van der Waals surface area contributed by atoms with E-state index in [0.29, 0.717) is 6.04 Å². The molecule has 1 aliphatic heterocycles. The van der Waals surface area contributed by atoms with Crippen LogP contribution >= 0.6 is 0 Å².